The summed E-state index contributed by atoms with van der Waals surface area (Å²) in [5.74, 6) is -1.77. The molecule has 30 heavy (non-hydrogen) atoms. The molecule has 2 aliphatic heterocycles. The van der Waals surface area contributed by atoms with E-state index in [1.165, 1.54) is 23.0 Å². The highest BCUT2D eigenvalue weighted by atomic mass is 19.1. The minimum Gasteiger partial charge on any atom is -0.354 e. The number of benzene rings is 1. The third kappa shape index (κ3) is 2.97. The molecule has 0 aliphatic carbocycles. The van der Waals surface area contributed by atoms with Crippen LogP contribution in [0.25, 0.3) is 11.3 Å². The lowest BCUT2D eigenvalue weighted by Crippen LogP contribution is -2.22. The Bertz CT molecular complexity index is 1170. The molecule has 2 aliphatic rings. The maximum atomic E-state index is 14.3. The lowest BCUT2D eigenvalue weighted by atomic mass is 10.0. The van der Waals surface area contributed by atoms with Gasteiger partial charge in [-0.15, -0.1) is 0 Å². The number of aromatic nitrogens is 3. The number of nitrogens with zero attached hydrogens (tertiary/aromatic N) is 3. The second-order valence-corrected chi connectivity index (χ2v) is 7.10. The smallest absolute Gasteiger partial charge is 0.255 e. The summed E-state index contributed by atoms with van der Waals surface area (Å²) in [7, 11) is 0. The average Bonchev–Trinajstić information content (AvgIpc) is 3.42. The number of rotatable bonds is 4. The van der Waals surface area contributed by atoms with Crippen LogP contribution >= 0.6 is 0 Å². The first kappa shape index (κ1) is 18.2. The van der Waals surface area contributed by atoms with Gasteiger partial charge in [0, 0.05) is 19.3 Å². The summed E-state index contributed by atoms with van der Waals surface area (Å²) in [6, 6.07) is 4.69. The van der Waals surface area contributed by atoms with Gasteiger partial charge >= 0.3 is 0 Å². The van der Waals surface area contributed by atoms with Crippen LogP contribution in [0, 0.1) is 11.6 Å². The summed E-state index contributed by atoms with van der Waals surface area (Å²) in [5, 5.41) is 12.7. The fourth-order valence-electron chi connectivity index (χ4n) is 3.76. The van der Waals surface area contributed by atoms with E-state index >= 15 is 0 Å². The predicted molar refractivity (Wildman–Crippen MR) is 103 cm³/mol. The van der Waals surface area contributed by atoms with Crippen LogP contribution in [0.15, 0.2) is 36.7 Å². The van der Waals surface area contributed by atoms with Gasteiger partial charge in [0.05, 0.1) is 28.7 Å². The molecule has 0 saturated carbocycles. The Hall–Kier alpha value is -3.82. The minimum absolute atomic E-state index is 0.0749. The van der Waals surface area contributed by atoms with Gasteiger partial charge in [-0.25, -0.2) is 13.8 Å². The van der Waals surface area contributed by atoms with Crippen molar-refractivity contribution < 1.29 is 18.4 Å². The molecule has 0 unspecified atom stereocenters. The van der Waals surface area contributed by atoms with Crippen LogP contribution in [0.1, 0.15) is 28.4 Å². The second kappa shape index (κ2) is 6.90. The topological polar surface area (TPSA) is 101 Å². The monoisotopic (exact) mass is 410 g/mol. The van der Waals surface area contributed by atoms with E-state index < -0.39 is 17.7 Å². The summed E-state index contributed by atoms with van der Waals surface area (Å²) < 4.78 is 30.1. The number of hydrogen-bond donors (Lipinski definition) is 3. The van der Waals surface area contributed by atoms with Crippen molar-refractivity contribution in [2.75, 3.05) is 11.9 Å². The molecule has 1 saturated heterocycles. The van der Waals surface area contributed by atoms with Gasteiger partial charge in [-0.1, -0.05) is 6.07 Å². The number of hydrogen-bond acceptors (Lipinski definition) is 5. The van der Waals surface area contributed by atoms with Crippen LogP contribution in [0.3, 0.4) is 0 Å². The Morgan fingerprint density at radius 2 is 1.93 bits per heavy atom. The summed E-state index contributed by atoms with van der Waals surface area (Å²) in [6.07, 6.45) is 3.76. The fourth-order valence-corrected chi connectivity index (χ4v) is 3.76. The average molecular weight is 410 g/mol. The van der Waals surface area contributed by atoms with Gasteiger partial charge in [-0.05, 0) is 30.2 Å². The molecular weight excluding hydrogens is 394 g/mol. The van der Waals surface area contributed by atoms with E-state index in [9.17, 15) is 18.4 Å². The summed E-state index contributed by atoms with van der Waals surface area (Å²) >= 11 is 0. The first-order valence-electron chi connectivity index (χ1n) is 9.36. The van der Waals surface area contributed by atoms with Crippen LogP contribution in [0.4, 0.5) is 20.3 Å². The van der Waals surface area contributed by atoms with Gasteiger partial charge in [-0.3, -0.25) is 14.3 Å². The van der Waals surface area contributed by atoms with E-state index in [0.717, 1.165) is 12.1 Å². The highest BCUT2D eigenvalue weighted by Gasteiger charge is 2.28. The van der Waals surface area contributed by atoms with Gasteiger partial charge in [0.2, 0.25) is 5.91 Å². The quantitative estimate of drug-likeness (QED) is 0.613. The highest BCUT2D eigenvalue weighted by Crippen LogP contribution is 2.32. The van der Waals surface area contributed by atoms with Crippen LogP contribution in [0.2, 0.25) is 0 Å². The molecule has 5 rings (SSSR count). The van der Waals surface area contributed by atoms with Gasteiger partial charge < -0.3 is 16.0 Å². The molecule has 0 radical (unpaired) electrons. The standard InChI is InChI=1S/C20H16F2N6O2/c21-12-2-1-3-13(22)17(12)14-6-10-7-24-20(30)16(10)18(27-14)26-11-8-25-28(9-11)15-4-5-23-19(15)29/h1-3,6,8-9,15H,4-5,7H2,(H,23,29)(H,24,30)(H,26,27)/t15-/m1/s1. The van der Waals surface area contributed by atoms with Crippen LogP contribution in [-0.2, 0) is 11.3 Å². The Labute approximate surface area is 169 Å². The van der Waals surface area contributed by atoms with Crippen LogP contribution in [0.5, 0.6) is 0 Å². The van der Waals surface area contributed by atoms with Gasteiger partial charge in [-0.2, -0.15) is 5.10 Å². The number of nitrogens with one attached hydrogen (secondary N) is 3. The van der Waals surface area contributed by atoms with Crippen molar-refractivity contribution in [3.05, 3.63) is 59.4 Å². The third-order valence-electron chi connectivity index (χ3n) is 5.19. The second-order valence-electron chi connectivity index (χ2n) is 7.10. The number of fused-ring (bicyclic) bond motifs is 1. The molecule has 3 aromatic rings. The zero-order chi connectivity index (χ0) is 20.8. The van der Waals surface area contributed by atoms with Crippen molar-refractivity contribution in [3.8, 4) is 11.3 Å². The molecule has 2 amide bonds. The Kier molecular flexibility index (Phi) is 4.19. The molecule has 152 valence electrons. The Morgan fingerprint density at radius 3 is 2.67 bits per heavy atom. The molecule has 10 heteroatoms. The number of pyridine rings is 1. The molecule has 1 aromatic carbocycles. The maximum absolute atomic E-state index is 14.3. The number of amides is 2. The zero-order valence-electron chi connectivity index (χ0n) is 15.6. The van der Waals surface area contributed by atoms with Gasteiger partial charge in [0.15, 0.2) is 0 Å². The largest absolute Gasteiger partial charge is 0.354 e. The molecule has 2 aromatic heterocycles. The SMILES string of the molecule is O=C1NCc2cc(-c3c(F)cccc3F)nc(Nc3cnn([C@@H]4CCNC4=O)c3)c21. The van der Waals surface area contributed by atoms with Crippen LogP contribution in [-0.4, -0.2) is 33.1 Å². The molecule has 0 spiro atoms. The molecule has 0 bridgehead atoms. The third-order valence-corrected chi connectivity index (χ3v) is 5.19. The fraction of sp³-hybridized carbons (Fsp3) is 0.200. The summed E-state index contributed by atoms with van der Waals surface area (Å²) in [5.41, 5.74) is 1.20. The molecular formula is C20H16F2N6O2. The van der Waals surface area contributed by atoms with E-state index in [1.807, 2.05) is 0 Å². The molecule has 1 atom stereocenters. The number of carbonyl (C=O) groups is 2. The van der Waals surface area contributed by atoms with Crippen molar-refractivity contribution in [2.45, 2.75) is 19.0 Å². The van der Waals surface area contributed by atoms with Crippen molar-refractivity contribution in [1.29, 1.82) is 0 Å². The summed E-state index contributed by atoms with van der Waals surface area (Å²) in [6.45, 7) is 0.813. The van der Waals surface area contributed by atoms with Gasteiger partial charge in [0.25, 0.3) is 5.91 Å². The number of halogens is 2. The van der Waals surface area contributed by atoms with Gasteiger partial charge in [0.1, 0.15) is 23.5 Å². The summed E-state index contributed by atoms with van der Waals surface area (Å²) in [4.78, 5) is 28.5. The van der Waals surface area contributed by atoms with E-state index in [4.69, 9.17) is 0 Å². The maximum Gasteiger partial charge on any atom is 0.255 e. The lowest BCUT2D eigenvalue weighted by molar-refractivity contribution is -0.122. The van der Waals surface area contributed by atoms with Crippen LogP contribution < -0.4 is 16.0 Å². The zero-order valence-corrected chi connectivity index (χ0v) is 15.6. The molecule has 1 fully saturated rings. The minimum atomic E-state index is -0.745. The lowest BCUT2D eigenvalue weighted by Gasteiger charge is -2.12. The van der Waals surface area contributed by atoms with Crippen molar-refractivity contribution in [1.82, 2.24) is 25.4 Å². The van der Waals surface area contributed by atoms with Crippen molar-refractivity contribution >= 4 is 23.3 Å². The van der Waals surface area contributed by atoms with E-state index in [1.54, 1.807) is 6.20 Å². The predicted octanol–water partition coefficient (Wildman–Crippen LogP) is 2.27. The number of anilines is 2. The van der Waals surface area contributed by atoms with E-state index in [-0.39, 0.29) is 35.4 Å². The molecule has 3 N–H and O–H groups in total. The first-order chi connectivity index (χ1) is 14.5. The normalized spacial score (nSPS) is 17.6. The van der Waals surface area contributed by atoms with Crippen molar-refractivity contribution in [3.63, 3.8) is 0 Å². The molecule has 8 nitrogen and oxygen atoms in total. The Morgan fingerprint density at radius 1 is 1.13 bits per heavy atom. The van der Waals surface area contributed by atoms with E-state index in [2.05, 4.69) is 26.0 Å². The Balaban J connectivity index is 1.55. The highest BCUT2D eigenvalue weighted by molar-refractivity contribution is 6.03. The van der Waals surface area contributed by atoms with E-state index in [0.29, 0.717) is 29.8 Å². The first-order valence-corrected chi connectivity index (χ1v) is 9.36. The molecule has 4 heterocycles. The van der Waals surface area contributed by atoms with Crippen molar-refractivity contribution in [2.24, 2.45) is 0 Å². The number of carbonyl (C=O) groups excluding carboxylic acids is 2.